The Morgan fingerprint density at radius 2 is 1.81 bits per heavy atom. The van der Waals surface area contributed by atoms with Crippen molar-refractivity contribution in [2.45, 2.75) is 54.2 Å². The maximum Gasteiger partial charge on any atom is 0.175 e. The monoisotopic (exact) mass is 329 g/mol. The normalized spacial score (nSPS) is 27.2. The van der Waals surface area contributed by atoms with Gasteiger partial charge >= 0.3 is 0 Å². The van der Waals surface area contributed by atoms with E-state index in [0.29, 0.717) is 4.90 Å². The lowest BCUT2D eigenvalue weighted by atomic mass is 9.73. The molecule has 21 heavy (non-hydrogen) atoms. The Morgan fingerprint density at radius 1 is 1.24 bits per heavy atom. The molecule has 0 heterocycles. The summed E-state index contributed by atoms with van der Waals surface area (Å²) in [6.45, 7) is 4.24. The first-order valence-electron chi connectivity index (χ1n) is 7.09. The van der Waals surface area contributed by atoms with E-state index in [4.69, 9.17) is 5.73 Å². The van der Waals surface area contributed by atoms with Gasteiger partial charge in [0, 0.05) is 17.2 Å². The van der Waals surface area contributed by atoms with Gasteiger partial charge in [-0.15, -0.1) is 0 Å². The number of hydrogen-bond donors (Lipinski definition) is 1. The Kier molecular flexibility index (Phi) is 4.61. The summed E-state index contributed by atoms with van der Waals surface area (Å²) in [6.07, 6.45) is 4.09. The van der Waals surface area contributed by atoms with Crippen molar-refractivity contribution in [2.75, 3.05) is 6.26 Å². The third-order valence-corrected chi connectivity index (χ3v) is 7.32. The van der Waals surface area contributed by atoms with Gasteiger partial charge in [0.05, 0.1) is 20.9 Å². The van der Waals surface area contributed by atoms with Crippen molar-refractivity contribution in [1.29, 1.82) is 0 Å². The van der Waals surface area contributed by atoms with E-state index >= 15 is 0 Å². The molecule has 0 bridgehead atoms. The highest BCUT2D eigenvalue weighted by molar-refractivity contribution is 7.90. The highest BCUT2D eigenvalue weighted by atomic mass is 32.2. The maximum atomic E-state index is 12.7. The zero-order valence-electron chi connectivity index (χ0n) is 12.7. The van der Waals surface area contributed by atoms with Crippen LogP contribution in [0, 0.1) is 5.41 Å². The van der Waals surface area contributed by atoms with Crippen LogP contribution in [0.2, 0.25) is 0 Å². The quantitative estimate of drug-likeness (QED) is 0.921. The van der Waals surface area contributed by atoms with E-state index in [-0.39, 0.29) is 21.6 Å². The van der Waals surface area contributed by atoms with Crippen molar-refractivity contribution < 1.29 is 12.6 Å². The Labute approximate surface area is 129 Å². The van der Waals surface area contributed by atoms with Crippen molar-refractivity contribution in [1.82, 2.24) is 0 Å². The molecule has 1 saturated carbocycles. The van der Waals surface area contributed by atoms with Gasteiger partial charge in [-0.25, -0.2) is 8.42 Å². The van der Waals surface area contributed by atoms with Crippen LogP contribution in [0.3, 0.4) is 0 Å². The van der Waals surface area contributed by atoms with Crippen molar-refractivity contribution in [2.24, 2.45) is 11.1 Å². The minimum absolute atomic E-state index is 0.00866. The summed E-state index contributed by atoms with van der Waals surface area (Å²) < 4.78 is 35.7. The summed E-state index contributed by atoms with van der Waals surface area (Å²) in [4.78, 5) is 0.900. The highest BCUT2D eigenvalue weighted by Crippen LogP contribution is 2.37. The van der Waals surface area contributed by atoms with Gasteiger partial charge in [0.15, 0.2) is 9.84 Å². The molecule has 0 aliphatic heterocycles. The third kappa shape index (κ3) is 3.55. The zero-order chi connectivity index (χ0) is 15.8. The average Bonchev–Trinajstić information content (AvgIpc) is 2.40. The molecule has 0 radical (unpaired) electrons. The fourth-order valence-electron chi connectivity index (χ4n) is 2.84. The first-order chi connectivity index (χ1) is 9.63. The molecule has 3 atom stereocenters. The van der Waals surface area contributed by atoms with E-state index in [1.54, 1.807) is 12.1 Å². The SMILES string of the molecule is CC1(C)CCCC(S(=O)c2ccc(S(C)(=O)=O)cc2)C1N. The molecule has 6 heteroatoms. The first-order valence-corrected chi connectivity index (χ1v) is 10.2. The van der Waals surface area contributed by atoms with Crippen LogP contribution in [-0.4, -0.2) is 30.2 Å². The fraction of sp³-hybridized carbons (Fsp3) is 0.600. The van der Waals surface area contributed by atoms with Gasteiger partial charge in [-0.3, -0.25) is 4.21 Å². The van der Waals surface area contributed by atoms with Crippen molar-refractivity contribution in [3.05, 3.63) is 24.3 Å². The molecule has 2 N–H and O–H groups in total. The minimum atomic E-state index is -3.22. The average molecular weight is 329 g/mol. The highest BCUT2D eigenvalue weighted by Gasteiger charge is 2.39. The van der Waals surface area contributed by atoms with E-state index in [2.05, 4.69) is 13.8 Å². The van der Waals surface area contributed by atoms with Gasteiger partial charge in [-0.1, -0.05) is 20.3 Å². The van der Waals surface area contributed by atoms with Crippen LogP contribution in [0.15, 0.2) is 34.1 Å². The van der Waals surface area contributed by atoms with E-state index in [9.17, 15) is 12.6 Å². The second-order valence-electron chi connectivity index (χ2n) is 6.49. The summed E-state index contributed by atoms with van der Waals surface area (Å²) in [5, 5.41) is -0.0715. The van der Waals surface area contributed by atoms with E-state index in [1.807, 2.05) is 0 Å². The number of nitrogens with two attached hydrogens (primary N) is 1. The number of sulfone groups is 1. The number of hydrogen-bond acceptors (Lipinski definition) is 4. The molecule has 0 aromatic heterocycles. The molecule has 118 valence electrons. The van der Waals surface area contributed by atoms with Gasteiger partial charge < -0.3 is 5.73 Å². The Hall–Kier alpha value is -0.720. The number of rotatable bonds is 3. The molecule has 3 unspecified atom stereocenters. The molecule has 0 saturated heterocycles. The lowest BCUT2D eigenvalue weighted by Crippen LogP contribution is -2.51. The molecule has 1 aliphatic carbocycles. The van der Waals surface area contributed by atoms with Gasteiger partial charge in [-0.05, 0) is 42.5 Å². The Bertz CT molecular complexity index is 635. The second kappa shape index (κ2) is 5.82. The summed E-state index contributed by atoms with van der Waals surface area (Å²) in [7, 11) is -4.42. The Morgan fingerprint density at radius 3 is 2.33 bits per heavy atom. The van der Waals surface area contributed by atoms with Crippen molar-refractivity contribution in [3.63, 3.8) is 0 Å². The van der Waals surface area contributed by atoms with Crippen LogP contribution in [0.1, 0.15) is 33.1 Å². The summed E-state index contributed by atoms with van der Waals surface area (Å²) >= 11 is 0. The standard InChI is InChI=1S/C15H23NO3S2/c1-15(2)10-4-5-13(14(15)16)20(17)11-6-8-12(9-7-11)21(3,18)19/h6-9,13-14H,4-5,10,16H2,1-3H3. The Balaban J connectivity index is 2.24. The van der Waals surface area contributed by atoms with Crippen LogP contribution < -0.4 is 5.73 Å². The molecule has 0 amide bonds. The van der Waals surface area contributed by atoms with Crippen LogP contribution >= 0.6 is 0 Å². The van der Waals surface area contributed by atoms with Crippen molar-refractivity contribution >= 4 is 20.6 Å². The molecule has 1 aromatic rings. The van der Waals surface area contributed by atoms with Crippen LogP contribution in [-0.2, 0) is 20.6 Å². The predicted octanol–water partition coefficient (Wildman–Crippen LogP) is 2.10. The zero-order valence-corrected chi connectivity index (χ0v) is 14.3. The largest absolute Gasteiger partial charge is 0.326 e. The van der Waals surface area contributed by atoms with Crippen LogP contribution in [0.4, 0.5) is 0 Å². The maximum absolute atomic E-state index is 12.7. The molecule has 1 aliphatic rings. The van der Waals surface area contributed by atoms with Crippen LogP contribution in [0.5, 0.6) is 0 Å². The topological polar surface area (TPSA) is 77.2 Å². The molecule has 1 aromatic carbocycles. The van der Waals surface area contributed by atoms with Crippen molar-refractivity contribution in [3.8, 4) is 0 Å². The van der Waals surface area contributed by atoms with Crippen LogP contribution in [0.25, 0.3) is 0 Å². The smallest absolute Gasteiger partial charge is 0.175 e. The lowest BCUT2D eigenvalue weighted by Gasteiger charge is -2.41. The van der Waals surface area contributed by atoms with Gasteiger partial charge in [0.1, 0.15) is 0 Å². The van der Waals surface area contributed by atoms with E-state index in [0.717, 1.165) is 19.3 Å². The summed E-state index contributed by atoms with van der Waals surface area (Å²) in [5.41, 5.74) is 6.30. The second-order valence-corrected chi connectivity index (χ2v) is 10.2. The number of benzene rings is 1. The fourth-order valence-corrected chi connectivity index (χ4v) is 5.24. The summed E-state index contributed by atoms with van der Waals surface area (Å²) in [5.74, 6) is 0. The predicted molar refractivity (Wildman–Crippen MR) is 85.4 cm³/mol. The van der Waals surface area contributed by atoms with Gasteiger partial charge in [0.2, 0.25) is 0 Å². The minimum Gasteiger partial charge on any atom is -0.326 e. The molecule has 0 spiro atoms. The van der Waals surface area contributed by atoms with E-state index < -0.39 is 20.6 Å². The molecular weight excluding hydrogens is 306 g/mol. The molecule has 2 rings (SSSR count). The third-order valence-electron chi connectivity index (χ3n) is 4.37. The molecular formula is C15H23NO3S2. The van der Waals surface area contributed by atoms with Gasteiger partial charge in [0.25, 0.3) is 0 Å². The molecule has 4 nitrogen and oxygen atoms in total. The summed E-state index contributed by atoms with van der Waals surface area (Å²) in [6, 6.07) is 6.20. The first kappa shape index (κ1) is 16.6. The van der Waals surface area contributed by atoms with E-state index in [1.165, 1.54) is 18.4 Å². The van der Waals surface area contributed by atoms with Gasteiger partial charge in [-0.2, -0.15) is 0 Å². The lowest BCUT2D eigenvalue weighted by molar-refractivity contribution is 0.206. The molecule has 1 fully saturated rings.